The first-order valence-electron chi connectivity index (χ1n) is 6.62. The van der Waals surface area contributed by atoms with Crippen molar-refractivity contribution in [2.24, 2.45) is 5.92 Å². The quantitative estimate of drug-likeness (QED) is 0.561. The van der Waals surface area contributed by atoms with E-state index >= 15 is 0 Å². The van der Waals surface area contributed by atoms with Crippen LogP contribution >= 0.6 is 0 Å². The van der Waals surface area contributed by atoms with Crippen molar-refractivity contribution in [2.75, 3.05) is 26.7 Å². The second-order valence-electron chi connectivity index (χ2n) is 4.88. The van der Waals surface area contributed by atoms with Crippen molar-refractivity contribution in [3.63, 3.8) is 0 Å². The van der Waals surface area contributed by atoms with E-state index in [4.69, 9.17) is 6.42 Å². The van der Waals surface area contributed by atoms with Gasteiger partial charge in [-0.1, -0.05) is 0 Å². The van der Waals surface area contributed by atoms with Crippen molar-refractivity contribution in [3.05, 3.63) is 0 Å². The molecule has 3 nitrogen and oxygen atoms in total. The van der Waals surface area contributed by atoms with Crippen LogP contribution in [0.3, 0.4) is 0 Å². The number of nitrogens with zero attached hydrogens (tertiary/aromatic N) is 1. The number of rotatable bonds is 6. The lowest BCUT2D eigenvalue weighted by Crippen LogP contribution is -2.37. The van der Waals surface area contributed by atoms with Crippen LogP contribution < -0.4 is 5.32 Å². The number of nitrogens with one attached hydrogen (secondary N) is 1. The summed E-state index contributed by atoms with van der Waals surface area (Å²) in [5.41, 5.74) is 0. The highest BCUT2D eigenvalue weighted by molar-refractivity contribution is 5.75. The molecular weight excluding hydrogens is 212 g/mol. The molecule has 1 heterocycles. The highest BCUT2D eigenvalue weighted by atomic mass is 16.2. The van der Waals surface area contributed by atoms with Gasteiger partial charge in [-0.3, -0.25) is 4.79 Å². The third kappa shape index (κ3) is 5.74. The summed E-state index contributed by atoms with van der Waals surface area (Å²) in [6.07, 6.45) is 10.9. The van der Waals surface area contributed by atoms with Gasteiger partial charge in [-0.25, -0.2) is 0 Å². The van der Waals surface area contributed by atoms with Crippen LogP contribution in [0.1, 0.15) is 38.5 Å². The van der Waals surface area contributed by atoms with E-state index in [-0.39, 0.29) is 5.91 Å². The molecule has 0 unspecified atom stereocenters. The molecular formula is C14H24N2O. The Balaban J connectivity index is 2.15. The molecule has 17 heavy (non-hydrogen) atoms. The van der Waals surface area contributed by atoms with Crippen LogP contribution in [0.15, 0.2) is 0 Å². The van der Waals surface area contributed by atoms with Gasteiger partial charge in [-0.15, -0.1) is 12.3 Å². The van der Waals surface area contributed by atoms with Gasteiger partial charge in [0.05, 0.1) is 0 Å². The minimum Gasteiger partial charge on any atom is -0.345 e. The van der Waals surface area contributed by atoms with Gasteiger partial charge in [-0.2, -0.15) is 0 Å². The maximum absolute atomic E-state index is 11.8. The molecule has 1 amide bonds. The standard InChI is InChI=1S/C14H24N2O/c1-3-4-5-6-7-14(17)16(2)12-13-8-10-15-11-9-13/h1,13,15H,4-12H2,2H3. The summed E-state index contributed by atoms with van der Waals surface area (Å²) in [5, 5.41) is 3.34. The van der Waals surface area contributed by atoms with Crippen LogP contribution in [0.25, 0.3) is 0 Å². The zero-order valence-corrected chi connectivity index (χ0v) is 10.9. The first kappa shape index (κ1) is 14.1. The fourth-order valence-electron chi connectivity index (χ4n) is 2.25. The molecule has 1 saturated heterocycles. The van der Waals surface area contributed by atoms with E-state index < -0.39 is 0 Å². The average Bonchev–Trinajstić information content (AvgIpc) is 2.35. The largest absolute Gasteiger partial charge is 0.345 e. The van der Waals surface area contributed by atoms with Gasteiger partial charge in [-0.05, 0) is 44.7 Å². The normalized spacial score (nSPS) is 16.5. The summed E-state index contributed by atoms with van der Waals surface area (Å²) >= 11 is 0. The molecule has 0 aromatic carbocycles. The highest BCUT2D eigenvalue weighted by Gasteiger charge is 2.17. The summed E-state index contributed by atoms with van der Waals surface area (Å²) in [6.45, 7) is 3.10. The van der Waals surface area contributed by atoms with Crippen LogP contribution in [0.2, 0.25) is 0 Å². The molecule has 0 bridgehead atoms. The zero-order chi connectivity index (χ0) is 12.5. The van der Waals surface area contributed by atoms with E-state index in [1.165, 1.54) is 12.8 Å². The molecule has 0 aromatic rings. The Morgan fingerprint density at radius 1 is 1.41 bits per heavy atom. The number of hydrogen-bond acceptors (Lipinski definition) is 2. The first-order valence-corrected chi connectivity index (χ1v) is 6.62. The van der Waals surface area contributed by atoms with Crippen molar-refractivity contribution in [2.45, 2.75) is 38.5 Å². The summed E-state index contributed by atoms with van der Waals surface area (Å²) < 4.78 is 0. The highest BCUT2D eigenvalue weighted by Crippen LogP contribution is 2.13. The van der Waals surface area contributed by atoms with E-state index in [2.05, 4.69) is 11.2 Å². The topological polar surface area (TPSA) is 32.3 Å². The second kappa shape index (κ2) is 8.14. The lowest BCUT2D eigenvalue weighted by Gasteiger charge is -2.27. The molecule has 96 valence electrons. The molecule has 1 rings (SSSR count). The molecule has 0 aromatic heterocycles. The monoisotopic (exact) mass is 236 g/mol. The van der Waals surface area contributed by atoms with E-state index in [0.717, 1.165) is 38.9 Å². The maximum atomic E-state index is 11.8. The molecule has 1 aliphatic rings. The summed E-state index contributed by atoms with van der Waals surface area (Å²) in [6, 6.07) is 0. The Bertz CT molecular complexity index is 264. The van der Waals surface area contributed by atoms with Crippen molar-refractivity contribution in [3.8, 4) is 12.3 Å². The summed E-state index contributed by atoms with van der Waals surface area (Å²) in [5.74, 6) is 3.55. The number of carbonyl (C=O) groups excluding carboxylic acids is 1. The Labute approximate surface area is 105 Å². The Hall–Kier alpha value is -1.01. The SMILES string of the molecule is C#CCCCCC(=O)N(C)CC1CCNCC1. The first-order chi connectivity index (χ1) is 8.24. The second-order valence-corrected chi connectivity index (χ2v) is 4.88. The molecule has 0 radical (unpaired) electrons. The van der Waals surface area contributed by atoms with Crippen molar-refractivity contribution in [1.82, 2.24) is 10.2 Å². The molecule has 3 heteroatoms. The lowest BCUT2D eigenvalue weighted by atomic mass is 9.97. The third-order valence-corrected chi connectivity index (χ3v) is 3.38. The summed E-state index contributed by atoms with van der Waals surface area (Å²) in [4.78, 5) is 13.7. The van der Waals surface area contributed by atoms with Crippen LogP contribution in [-0.4, -0.2) is 37.5 Å². The molecule has 0 spiro atoms. The molecule has 0 saturated carbocycles. The van der Waals surface area contributed by atoms with Gasteiger partial charge in [0.15, 0.2) is 0 Å². The van der Waals surface area contributed by atoms with E-state index in [9.17, 15) is 4.79 Å². The lowest BCUT2D eigenvalue weighted by molar-refractivity contribution is -0.130. The third-order valence-electron chi connectivity index (χ3n) is 3.38. The van der Waals surface area contributed by atoms with Gasteiger partial charge in [0.1, 0.15) is 0 Å². The molecule has 1 fully saturated rings. The van der Waals surface area contributed by atoms with Crippen molar-refractivity contribution >= 4 is 5.91 Å². The van der Waals surface area contributed by atoms with Crippen LogP contribution in [-0.2, 0) is 4.79 Å². The smallest absolute Gasteiger partial charge is 0.222 e. The van der Waals surface area contributed by atoms with Crippen molar-refractivity contribution < 1.29 is 4.79 Å². The van der Waals surface area contributed by atoms with Crippen molar-refractivity contribution in [1.29, 1.82) is 0 Å². The van der Waals surface area contributed by atoms with Gasteiger partial charge >= 0.3 is 0 Å². The predicted molar refractivity (Wildman–Crippen MR) is 70.5 cm³/mol. The average molecular weight is 236 g/mol. The molecule has 0 aliphatic carbocycles. The number of terminal acetylenes is 1. The molecule has 1 aliphatic heterocycles. The van der Waals surface area contributed by atoms with Gasteiger partial charge in [0.25, 0.3) is 0 Å². The molecule has 1 N–H and O–H groups in total. The minimum absolute atomic E-state index is 0.264. The Kier molecular flexibility index (Phi) is 6.73. The molecule has 0 atom stereocenters. The number of unbranched alkanes of at least 4 members (excludes halogenated alkanes) is 2. The number of piperidine rings is 1. The number of amides is 1. The predicted octanol–water partition coefficient (Wildman–Crippen LogP) is 1.64. The Morgan fingerprint density at radius 2 is 2.12 bits per heavy atom. The van der Waals surface area contributed by atoms with Gasteiger partial charge < -0.3 is 10.2 Å². The number of carbonyl (C=O) groups is 1. The Morgan fingerprint density at radius 3 is 2.76 bits per heavy atom. The number of hydrogen-bond donors (Lipinski definition) is 1. The van der Waals surface area contributed by atoms with Crippen LogP contribution in [0.5, 0.6) is 0 Å². The van der Waals surface area contributed by atoms with Gasteiger partial charge in [0.2, 0.25) is 5.91 Å². The van der Waals surface area contributed by atoms with E-state index in [0.29, 0.717) is 12.3 Å². The zero-order valence-electron chi connectivity index (χ0n) is 10.9. The van der Waals surface area contributed by atoms with Gasteiger partial charge in [0, 0.05) is 26.4 Å². The van der Waals surface area contributed by atoms with Crippen LogP contribution in [0.4, 0.5) is 0 Å². The summed E-state index contributed by atoms with van der Waals surface area (Å²) in [7, 11) is 1.92. The maximum Gasteiger partial charge on any atom is 0.222 e. The fourth-order valence-corrected chi connectivity index (χ4v) is 2.25. The fraction of sp³-hybridized carbons (Fsp3) is 0.786. The van der Waals surface area contributed by atoms with E-state index in [1.807, 2.05) is 11.9 Å². The minimum atomic E-state index is 0.264. The van der Waals surface area contributed by atoms with E-state index in [1.54, 1.807) is 0 Å². The van der Waals surface area contributed by atoms with Crippen LogP contribution in [0, 0.1) is 18.3 Å².